The maximum atomic E-state index is 12.1. The van der Waals surface area contributed by atoms with E-state index < -0.39 is 17.3 Å². The van der Waals surface area contributed by atoms with E-state index in [0.29, 0.717) is 5.76 Å². The summed E-state index contributed by atoms with van der Waals surface area (Å²) in [6.45, 7) is 11.3. The van der Waals surface area contributed by atoms with Gasteiger partial charge in [-0.2, -0.15) is 0 Å². The monoisotopic (exact) mass is 252 g/mol. The van der Waals surface area contributed by atoms with Gasteiger partial charge in [0.1, 0.15) is 5.76 Å². The molecule has 0 bridgehead atoms. The number of hydrogen-bond acceptors (Lipinski definition) is 4. The van der Waals surface area contributed by atoms with Gasteiger partial charge in [-0.05, 0) is 0 Å². The van der Waals surface area contributed by atoms with E-state index in [0.717, 1.165) is 0 Å². The first kappa shape index (κ1) is 13.3. The molecule has 2 heterocycles. The average molecular weight is 252 g/mol. The highest BCUT2D eigenvalue weighted by atomic mass is 16.8. The fourth-order valence-electron chi connectivity index (χ4n) is 1.86. The normalized spacial score (nSPS) is 31.3. The van der Waals surface area contributed by atoms with Crippen LogP contribution in [0, 0.1) is 10.8 Å². The Kier molecular flexibility index (Phi) is 2.54. The Balaban J connectivity index is 2.17. The van der Waals surface area contributed by atoms with Crippen LogP contribution in [-0.4, -0.2) is 23.5 Å². The van der Waals surface area contributed by atoms with Crippen molar-refractivity contribution in [3.63, 3.8) is 0 Å². The molecule has 0 amide bonds. The van der Waals surface area contributed by atoms with Crippen LogP contribution >= 0.6 is 0 Å². The van der Waals surface area contributed by atoms with E-state index in [9.17, 15) is 9.59 Å². The van der Waals surface area contributed by atoms with Gasteiger partial charge >= 0.3 is 5.79 Å². The van der Waals surface area contributed by atoms with Gasteiger partial charge in [-0.1, -0.05) is 41.5 Å². The maximum Gasteiger partial charge on any atom is 0.309 e. The number of ketones is 2. The summed E-state index contributed by atoms with van der Waals surface area (Å²) in [6, 6.07) is 0. The van der Waals surface area contributed by atoms with Crippen LogP contribution in [0.5, 0.6) is 0 Å². The summed E-state index contributed by atoms with van der Waals surface area (Å²) in [5.74, 6) is -1.13. The zero-order valence-corrected chi connectivity index (χ0v) is 11.8. The lowest BCUT2D eigenvalue weighted by Gasteiger charge is -2.21. The Labute approximate surface area is 107 Å². The number of rotatable bonds is 1. The summed E-state index contributed by atoms with van der Waals surface area (Å²) in [6.07, 6.45) is 0.691. The molecule has 0 N–H and O–H groups in total. The summed E-state index contributed by atoms with van der Waals surface area (Å²) in [5.41, 5.74) is -0.803. The van der Waals surface area contributed by atoms with Gasteiger partial charge < -0.3 is 9.47 Å². The number of epoxide rings is 1. The van der Waals surface area contributed by atoms with Crippen LogP contribution in [0.3, 0.4) is 0 Å². The molecule has 2 rings (SSSR count). The van der Waals surface area contributed by atoms with Crippen molar-refractivity contribution < 1.29 is 19.1 Å². The topological polar surface area (TPSA) is 55.9 Å². The highest BCUT2D eigenvalue weighted by Gasteiger charge is 2.72. The molecule has 2 aliphatic rings. The molecule has 100 valence electrons. The van der Waals surface area contributed by atoms with Crippen molar-refractivity contribution >= 4 is 11.6 Å². The third-order valence-corrected chi connectivity index (χ3v) is 3.16. The first-order valence-corrected chi connectivity index (χ1v) is 6.16. The van der Waals surface area contributed by atoms with E-state index in [1.165, 1.54) is 6.08 Å². The minimum atomic E-state index is -1.35. The fourth-order valence-corrected chi connectivity index (χ4v) is 1.86. The zero-order chi connectivity index (χ0) is 13.9. The molecule has 0 aliphatic carbocycles. The Morgan fingerprint density at radius 3 is 2.17 bits per heavy atom. The minimum Gasteiger partial charge on any atom is -0.455 e. The van der Waals surface area contributed by atoms with Crippen molar-refractivity contribution in [1.82, 2.24) is 0 Å². The first-order valence-electron chi connectivity index (χ1n) is 6.16. The number of Topliss-reactive ketones (excluding diaryl/α,β-unsaturated/α-hetero) is 1. The Bertz CT molecular complexity index is 447. The van der Waals surface area contributed by atoms with Crippen LogP contribution in [-0.2, 0) is 19.1 Å². The molecule has 2 atom stereocenters. The van der Waals surface area contributed by atoms with E-state index >= 15 is 0 Å². The second kappa shape index (κ2) is 3.44. The molecule has 0 radical (unpaired) electrons. The van der Waals surface area contributed by atoms with Crippen molar-refractivity contribution in [3.05, 3.63) is 11.8 Å². The quantitative estimate of drug-likeness (QED) is 0.671. The van der Waals surface area contributed by atoms with Gasteiger partial charge in [0.25, 0.3) is 0 Å². The predicted octanol–water partition coefficient (Wildman–Crippen LogP) is 2.23. The lowest BCUT2D eigenvalue weighted by molar-refractivity contribution is -0.132. The summed E-state index contributed by atoms with van der Waals surface area (Å²) in [5, 5.41) is 0. The van der Waals surface area contributed by atoms with Crippen LogP contribution in [0.4, 0.5) is 0 Å². The molecule has 0 saturated carbocycles. The van der Waals surface area contributed by atoms with E-state index in [-0.39, 0.29) is 17.0 Å². The van der Waals surface area contributed by atoms with Crippen molar-refractivity contribution in [2.24, 2.45) is 10.8 Å². The van der Waals surface area contributed by atoms with E-state index in [1.54, 1.807) is 0 Å². The first-order chi connectivity index (χ1) is 7.98. The summed E-state index contributed by atoms with van der Waals surface area (Å²) >= 11 is 0. The summed E-state index contributed by atoms with van der Waals surface area (Å²) < 4.78 is 11.0. The summed E-state index contributed by atoms with van der Waals surface area (Å²) in [7, 11) is 0. The second-order valence-electron chi connectivity index (χ2n) is 7.00. The maximum absolute atomic E-state index is 12.1. The minimum absolute atomic E-state index is 0.0978. The van der Waals surface area contributed by atoms with Crippen LogP contribution < -0.4 is 0 Å². The van der Waals surface area contributed by atoms with Gasteiger partial charge in [-0.15, -0.1) is 0 Å². The highest BCUT2D eigenvalue weighted by molar-refractivity contribution is 6.07. The predicted molar refractivity (Wildman–Crippen MR) is 65.7 cm³/mol. The van der Waals surface area contributed by atoms with E-state index in [2.05, 4.69) is 0 Å². The smallest absolute Gasteiger partial charge is 0.309 e. The van der Waals surface area contributed by atoms with Gasteiger partial charge in [0.15, 0.2) is 11.9 Å². The zero-order valence-electron chi connectivity index (χ0n) is 11.8. The Morgan fingerprint density at radius 1 is 1.22 bits per heavy atom. The summed E-state index contributed by atoms with van der Waals surface area (Å²) in [4.78, 5) is 24.1. The van der Waals surface area contributed by atoms with Crippen LogP contribution in [0.2, 0.25) is 0 Å². The number of ether oxygens (including phenoxy) is 2. The molecule has 0 aromatic rings. The van der Waals surface area contributed by atoms with E-state index in [4.69, 9.17) is 9.47 Å². The van der Waals surface area contributed by atoms with Crippen molar-refractivity contribution in [1.29, 1.82) is 0 Å². The molecule has 0 unspecified atom stereocenters. The van der Waals surface area contributed by atoms with Gasteiger partial charge in [0, 0.05) is 16.9 Å². The van der Waals surface area contributed by atoms with Gasteiger partial charge in [-0.3, -0.25) is 9.59 Å². The van der Waals surface area contributed by atoms with Crippen molar-refractivity contribution in [2.75, 3.05) is 0 Å². The number of carbonyl (C=O) groups excluding carboxylic acids is 2. The van der Waals surface area contributed by atoms with Gasteiger partial charge in [0.05, 0.1) is 0 Å². The largest absolute Gasteiger partial charge is 0.455 e. The van der Waals surface area contributed by atoms with Crippen LogP contribution in [0.1, 0.15) is 41.5 Å². The lowest BCUT2D eigenvalue weighted by Crippen LogP contribution is -2.34. The molecule has 1 spiro atoms. The molecular weight excluding hydrogens is 232 g/mol. The molecule has 0 aromatic heterocycles. The molecule has 2 aliphatic heterocycles. The molecule has 1 fully saturated rings. The van der Waals surface area contributed by atoms with Crippen molar-refractivity contribution in [3.8, 4) is 0 Å². The van der Waals surface area contributed by atoms with E-state index in [1.807, 2.05) is 41.5 Å². The Morgan fingerprint density at radius 2 is 1.78 bits per heavy atom. The molecule has 1 saturated heterocycles. The molecule has 18 heavy (non-hydrogen) atoms. The molecule has 4 heteroatoms. The molecular formula is C14H20O4. The number of allylic oxidation sites excluding steroid dienone is 1. The van der Waals surface area contributed by atoms with Crippen LogP contribution in [0.15, 0.2) is 11.8 Å². The molecule has 4 nitrogen and oxygen atoms in total. The molecule has 0 aromatic carbocycles. The lowest BCUT2D eigenvalue weighted by atomic mass is 9.87. The average Bonchev–Trinajstić information content (AvgIpc) is 2.78. The second-order valence-corrected chi connectivity index (χ2v) is 7.00. The third kappa shape index (κ3) is 1.88. The van der Waals surface area contributed by atoms with Gasteiger partial charge in [0.2, 0.25) is 5.78 Å². The third-order valence-electron chi connectivity index (χ3n) is 3.16. The number of carbonyl (C=O) groups is 2. The van der Waals surface area contributed by atoms with Crippen LogP contribution in [0.25, 0.3) is 0 Å². The highest BCUT2D eigenvalue weighted by Crippen LogP contribution is 2.50. The Hall–Kier alpha value is -1.16. The number of hydrogen-bond donors (Lipinski definition) is 0. The van der Waals surface area contributed by atoms with Crippen molar-refractivity contribution in [2.45, 2.75) is 53.4 Å². The fraction of sp³-hybridized carbons (Fsp3) is 0.714. The van der Waals surface area contributed by atoms with Gasteiger partial charge in [-0.25, -0.2) is 0 Å². The standard InChI is InChI=1S/C14H20O4/c1-12(2,3)9-7-8(15)14(17-9)11(18-14)10(16)13(4,5)6/h7,11H,1-6H3/t11-,14-/m0/s1. The SMILES string of the molecule is CC(C)(C)C(=O)[C@@H]1O[C@]12OC(C(C)(C)C)=CC2=O.